The van der Waals surface area contributed by atoms with Crippen molar-refractivity contribution in [2.45, 2.75) is 32.2 Å². The summed E-state index contributed by atoms with van der Waals surface area (Å²) in [5.41, 5.74) is 0.961. The van der Waals surface area contributed by atoms with Crippen LogP contribution in [0.25, 0.3) is 0 Å². The minimum atomic E-state index is -0.793. The Kier molecular flexibility index (Phi) is 6.10. The molecule has 6 heteroatoms. The SMILES string of the molecule is CC(C(=O)NCCc1ccc(F)cc1)N1CCCC(C(=O)O)C1. The molecule has 1 saturated heterocycles. The second-order valence-corrected chi connectivity index (χ2v) is 6.02. The number of carboxylic acid groups (broad SMARTS) is 1. The molecule has 1 aromatic rings. The zero-order valence-corrected chi connectivity index (χ0v) is 13.3. The Bertz CT molecular complexity index is 547. The number of carbonyl (C=O) groups is 2. The first-order valence-corrected chi connectivity index (χ1v) is 7.96. The molecule has 1 fully saturated rings. The molecule has 0 radical (unpaired) electrons. The lowest BCUT2D eigenvalue weighted by Gasteiger charge is -2.34. The lowest BCUT2D eigenvalue weighted by Crippen LogP contribution is -2.50. The molecular weight excluding hydrogens is 299 g/mol. The van der Waals surface area contributed by atoms with Gasteiger partial charge in [0.25, 0.3) is 0 Å². The number of hydrogen-bond donors (Lipinski definition) is 2. The molecule has 0 saturated carbocycles. The van der Waals surface area contributed by atoms with Crippen molar-refractivity contribution >= 4 is 11.9 Å². The van der Waals surface area contributed by atoms with Crippen LogP contribution in [0.3, 0.4) is 0 Å². The standard InChI is InChI=1S/C17H23FN2O3/c1-12(20-10-2-3-14(11-20)17(22)23)16(21)19-9-8-13-4-6-15(18)7-5-13/h4-7,12,14H,2-3,8-11H2,1H3,(H,19,21)(H,22,23). The fourth-order valence-corrected chi connectivity index (χ4v) is 2.85. The fourth-order valence-electron chi connectivity index (χ4n) is 2.85. The first-order valence-electron chi connectivity index (χ1n) is 7.96. The van der Waals surface area contributed by atoms with Crippen molar-refractivity contribution in [1.29, 1.82) is 0 Å². The molecule has 1 amide bonds. The van der Waals surface area contributed by atoms with E-state index in [9.17, 15) is 14.0 Å². The number of aliphatic carboxylic acids is 1. The topological polar surface area (TPSA) is 69.6 Å². The molecule has 1 aromatic carbocycles. The van der Waals surface area contributed by atoms with Crippen LogP contribution in [0, 0.1) is 11.7 Å². The summed E-state index contributed by atoms with van der Waals surface area (Å²) in [6, 6.07) is 5.87. The van der Waals surface area contributed by atoms with Gasteiger partial charge >= 0.3 is 5.97 Å². The third-order valence-electron chi connectivity index (χ3n) is 4.36. The highest BCUT2D eigenvalue weighted by atomic mass is 19.1. The molecule has 2 atom stereocenters. The Morgan fingerprint density at radius 3 is 2.74 bits per heavy atom. The average Bonchev–Trinajstić information content (AvgIpc) is 2.56. The molecule has 2 unspecified atom stereocenters. The van der Waals surface area contributed by atoms with Gasteiger partial charge in [-0.3, -0.25) is 14.5 Å². The van der Waals surface area contributed by atoms with Crippen LogP contribution in [-0.4, -0.2) is 47.6 Å². The van der Waals surface area contributed by atoms with Crippen LogP contribution in [0.2, 0.25) is 0 Å². The van der Waals surface area contributed by atoms with Gasteiger partial charge in [0.2, 0.25) is 5.91 Å². The zero-order chi connectivity index (χ0) is 16.8. The molecule has 1 aliphatic heterocycles. The number of amides is 1. The molecule has 5 nitrogen and oxygen atoms in total. The van der Waals surface area contributed by atoms with Crippen LogP contribution >= 0.6 is 0 Å². The number of carboxylic acids is 1. The molecule has 0 spiro atoms. The van der Waals surface area contributed by atoms with Crippen molar-refractivity contribution < 1.29 is 19.1 Å². The van der Waals surface area contributed by atoms with Crippen LogP contribution in [-0.2, 0) is 16.0 Å². The van der Waals surface area contributed by atoms with Crippen molar-refractivity contribution in [3.8, 4) is 0 Å². The molecule has 0 aliphatic carbocycles. The Labute approximate surface area is 135 Å². The van der Waals surface area contributed by atoms with Crippen LogP contribution in [0.4, 0.5) is 4.39 Å². The first kappa shape index (κ1) is 17.4. The maximum atomic E-state index is 12.8. The van der Waals surface area contributed by atoms with E-state index in [-0.39, 0.29) is 17.8 Å². The Morgan fingerprint density at radius 2 is 2.09 bits per heavy atom. The summed E-state index contributed by atoms with van der Waals surface area (Å²) in [6.45, 7) is 3.45. The van der Waals surface area contributed by atoms with Gasteiger partial charge in [-0.15, -0.1) is 0 Å². The van der Waals surface area contributed by atoms with Crippen molar-refractivity contribution in [2.75, 3.05) is 19.6 Å². The van der Waals surface area contributed by atoms with E-state index in [1.165, 1.54) is 12.1 Å². The number of piperidine rings is 1. The smallest absolute Gasteiger partial charge is 0.307 e. The van der Waals surface area contributed by atoms with E-state index in [1.54, 1.807) is 19.1 Å². The van der Waals surface area contributed by atoms with Gasteiger partial charge in [0.1, 0.15) is 5.82 Å². The van der Waals surface area contributed by atoms with Gasteiger partial charge in [0, 0.05) is 13.1 Å². The quantitative estimate of drug-likeness (QED) is 0.836. The highest BCUT2D eigenvalue weighted by Gasteiger charge is 2.30. The van der Waals surface area contributed by atoms with Crippen molar-refractivity contribution in [3.63, 3.8) is 0 Å². The van der Waals surface area contributed by atoms with Crippen LogP contribution in [0.1, 0.15) is 25.3 Å². The molecule has 1 heterocycles. The maximum Gasteiger partial charge on any atom is 0.307 e. The van der Waals surface area contributed by atoms with Crippen molar-refractivity contribution in [3.05, 3.63) is 35.6 Å². The lowest BCUT2D eigenvalue weighted by molar-refractivity contribution is -0.145. The normalized spacial score (nSPS) is 20.0. The van der Waals surface area contributed by atoms with E-state index in [1.807, 2.05) is 4.90 Å². The van der Waals surface area contributed by atoms with E-state index in [0.29, 0.717) is 25.9 Å². The number of rotatable bonds is 6. The van der Waals surface area contributed by atoms with E-state index in [2.05, 4.69) is 5.32 Å². The van der Waals surface area contributed by atoms with Gasteiger partial charge in [0.05, 0.1) is 12.0 Å². The van der Waals surface area contributed by atoms with E-state index in [0.717, 1.165) is 18.5 Å². The molecule has 23 heavy (non-hydrogen) atoms. The summed E-state index contributed by atoms with van der Waals surface area (Å²) in [7, 11) is 0. The third kappa shape index (κ3) is 5.03. The predicted molar refractivity (Wildman–Crippen MR) is 84.5 cm³/mol. The van der Waals surface area contributed by atoms with E-state index < -0.39 is 11.9 Å². The summed E-state index contributed by atoms with van der Waals surface area (Å²) in [6.07, 6.45) is 2.10. The summed E-state index contributed by atoms with van der Waals surface area (Å²) in [5.74, 6) is -1.56. The number of hydrogen-bond acceptors (Lipinski definition) is 3. The number of likely N-dealkylation sites (tertiary alicyclic amines) is 1. The molecule has 1 aliphatic rings. The van der Waals surface area contributed by atoms with Gasteiger partial charge in [0.15, 0.2) is 0 Å². The number of nitrogens with zero attached hydrogens (tertiary/aromatic N) is 1. The molecular formula is C17H23FN2O3. The largest absolute Gasteiger partial charge is 0.481 e. The number of halogens is 1. The Morgan fingerprint density at radius 1 is 1.39 bits per heavy atom. The Hall–Kier alpha value is -1.95. The van der Waals surface area contributed by atoms with Crippen LogP contribution in [0.5, 0.6) is 0 Å². The second kappa shape index (κ2) is 8.06. The molecule has 2 rings (SSSR count). The number of nitrogens with one attached hydrogen (secondary N) is 1. The van der Waals surface area contributed by atoms with Crippen LogP contribution < -0.4 is 5.32 Å². The molecule has 0 aromatic heterocycles. The zero-order valence-electron chi connectivity index (χ0n) is 13.3. The van der Waals surface area contributed by atoms with E-state index >= 15 is 0 Å². The predicted octanol–water partition coefficient (Wildman–Crippen LogP) is 1.67. The summed E-state index contributed by atoms with van der Waals surface area (Å²) in [4.78, 5) is 25.2. The van der Waals surface area contributed by atoms with Gasteiger partial charge in [-0.25, -0.2) is 4.39 Å². The fraction of sp³-hybridized carbons (Fsp3) is 0.529. The average molecular weight is 322 g/mol. The third-order valence-corrected chi connectivity index (χ3v) is 4.36. The molecule has 126 valence electrons. The van der Waals surface area contributed by atoms with Gasteiger partial charge in [-0.05, 0) is 50.4 Å². The van der Waals surface area contributed by atoms with Crippen molar-refractivity contribution in [2.24, 2.45) is 5.92 Å². The van der Waals surface area contributed by atoms with Gasteiger partial charge in [-0.1, -0.05) is 12.1 Å². The summed E-state index contributed by atoms with van der Waals surface area (Å²) in [5, 5.41) is 12.0. The van der Waals surface area contributed by atoms with Crippen LogP contribution in [0.15, 0.2) is 24.3 Å². The number of benzene rings is 1. The minimum Gasteiger partial charge on any atom is -0.481 e. The highest BCUT2D eigenvalue weighted by molar-refractivity contribution is 5.81. The Balaban J connectivity index is 1.78. The molecule has 0 bridgehead atoms. The summed E-state index contributed by atoms with van der Waals surface area (Å²) < 4.78 is 12.8. The number of carbonyl (C=O) groups excluding carboxylic acids is 1. The maximum absolute atomic E-state index is 12.8. The lowest BCUT2D eigenvalue weighted by atomic mass is 9.97. The highest BCUT2D eigenvalue weighted by Crippen LogP contribution is 2.18. The van der Waals surface area contributed by atoms with Gasteiger partial charge in [-0.2, -0.15) is 0 Å². The minimum absolute atomic E-state index is 0.0989. The second-order valence-electron chi connectivity index (χ2n) is 6.02. The first-order chi connectivity index (χ1) is 11.0. The van der Waals surface area contributed by atoms with E-state index in [4.69, 9.17) is 5.11 Å². The van der Waals surface area contributed by atoms with Gasteiger partial charge < -0.3 is 10.4 Å². The monoisotopic (exact) mass is 322 g/mol. The molecule has 2 N–H and O–H groups in total. The summed E-state index contributed by atoms with van der Waals surface area (Å²) >= 11 is 0. The van der Waals surface area contributed by atoms with Crippen molar-refractivity contribution in [1.82, 2.24) is 10.2 Å².